The third-order valence-electron chi connectivity index (χ3n) is 7.64. The lowest BCUT2D eigenvalue weighted by Gasteiger charge is -2.27. The number of nitrogens with zero attached hydrogens (tertiary/aromatic N) is 2. The van der Waals surface area contributed by atoms with Crippen LogP contribution in [0.2, 0.25) is 0 Å². The van der Waals surface area contributed by atoms with Gasteiger partial charge < -0.3 is 10.1 Å². The molecule has 42 heavy (non-hydrogen) atoms. The lowest BCUT2D eigenvalue weighted by atomic mass is 10.0. The number of benzene rings is 3. The van der Waals surface area contributed by atoms with Crippen LogP contribution in [0.15, 0.2) is 83.8 Å². The molecule has 0 saturated carbocycles. The van der Waals surface area contributed by atoms with E-state index in [0.717, 1.165) is 29.1 Å². The molecule has 10 heteroatoms. The summed E-state index contributed by atoms with van der Waals surface area (Å²) in [5, 5.41) is 3.37. The van der Waals surface area contributed by atoms with Gasteiger partial charge in [0.2, 0.25) is 0 Å². The van der Waals surface area contributed by atoms with Crippen LogP contribution in [-0.2, 0) is 40.7 Å². The SMILES string of the molecule is CCOC(=O)c1c(NC(=O)c2ccc(S(=O)(=O)N3CCc4ccccc43)cc2)sc2c1CCN(Cc1ccccc1)C2. The second-order valence-corrected chi connectivity index (χ2v) is 13.3. The van der Waals surface area contributed by atoms with Crippen molar-refractivity contribution in [3.05, 3.63) is 112 Å². The number of anilines is 2. The van der Waals surface area contributed by atoms with Crippen molar-refractivity contribution in [3.63, 3.8) is 0 Å². The predicted molar refractivity (Wildman–Crippen MR) is 164 cm³/mol. The van der Waals surface area contributed by atoms with E-state index in [-0.39, 0.29) is 11.5 Å². The van der Waals surface area contributed by atoms with E-state index in [9.17, 15) is 18.0 Å². The molecule has 4 aromatic rings. The fraction of sp³-hybridized carbons (Fsp3) is 0.250. The number of amides is 1. The van der Waals surface area contributed by atoms with E-state index >= 15 is 0 Å². The minimum absolute atomic E-state index is 0.119. The first-order valence-corrected chi connectivity index (χ1v) is 16.2. The van der Waals surface area contributed by atoms with Crippen molar-refractivity contribution in [2.45, 2.75) is 37.8 Å². The molecule has 3 heterocycles. The number of carbonyl (C=O) groups excluding carboxylic acids is 2. The van der Waals surface area contributed by atoms with Crippen molar-refractivity contribution >= 4 is 43.9 Å². The summed E-state index contributed by atoms with van der Waals surface area (Å²) in [5.74, 6) is -0.870. The molecule has 0 saturated heterocycles. The van der Waals surface area contributed by atoms with Gasteiger partial charge in [0.25, 0.3) is 15.9 Å². The highest BCUT2D eigenvalue weighted by atomic mass is 32.2. The Morgan fingerprint density at radius 3 is 2.43 bits per heavy atom. The molecule has 0 radical (unpaired) electrons. The summed E-state index contributed by atoms with van der Waals surface area (Å²) in [7, 11) is -3.77. The van der Waals surface area contributed by atoms with Crippen LogP contribution in [0.3, 0.4) is 0 Å². The molecule has 0 fully saturated rings. The number of sulfonamides is 1. The molecular formula is C32H31N3O5S2. The maximum atomic E-state index is 13.4. The van der Waals surface area contributed by atoms with E-state index < -0.39 is 21.9 Å². The van der Waals surface area contributed by atoms with Crippen molar-refractivity contribution < 1.29 is 22.7 Å². The number of hydrogen-bond donors (Lipinski definition) is 1. The first kappa shape index (κ1) is 28.1. The van der Waals surface area contributed by atoms with Crippen LogP contribution in [0.25, 0.3) is 0 Å². The quantitative estimate of drug-likeness (QED) is 0.269. The lowest BCUT2D eigenvalue weighted by molar-refractivity contribution is 0.0526. The third kappa shape index (κ3) is 5.45. The molecule has 1 amide bonds. The van der Waals surface area contributed by atoms with Crippen molar-refractivity contribution in [2.24, 2.45) is 0 Å². The highest BCUT2D eigenvalue weighted by Gasteiger charge is 2.32. The van der Waals surface area contributed by atoms with Gasteiger partial charge in [0, 0.05) is 36.6 Å². The number of fused-ring (bicyclic) bond motifs is 2. The summed E-state index contributed by atoms with van der Waals surface area (Å²) < 4.78 is 33.5. The fourth-order valence-corrected chi connectivity index (χ4v) is 8.36. The minimum Gasteiger partial charge on any atom is -0.462 e. The predicted octanol–water partition coefficient (Wildman–Crippen LogP) is 5.49. The number of rotatable bonds is 8. The third-order valence-corrected chi connectivity index (χ3v) is 10.6. The molecule has 1 N–H and O–H groups in total. The summed E-state index contributed by atoms with van der Waals surface area (Å²) in [4.78, 5) is 29.8. The highest BCUT2D eigenvalue weighted by molar-refractivity contribution is 7.92. The maximum Gasteiger partial charge on any atom is 0.341 e. The first-order valence-electron chi connectivity index (χ1n) is 13.9. The average Bonchev–Trinajstić information content (AvgIpc) is 3.59. The normalized spacial score (nSPS) is 14.7. The van der Waals surface area contributed by atoms with E-state index in [4.69, 9.17) is 4.74 Å². The molecule has 0 bridgehead atoms. The molecule has 216 valence electrons. The van der Waals surface area contributed by atoms with Crippen LogP contribution in [0.4, 0.5) is 10.7 Å². The standard InChI is InChI=1S/C32H31N3O5S2/c1-2-40-32(37)29-26-17-18-34(20-22-8-4-3-5-9-22)21-28(26)41-31(29)33-30(36)24-12-14-25(15-13-24)42(38,39)35-19-16-23-10-6-7-11-27(23)35/h3-15H,2,16-21H2,1H3,(H,33,36). The van der Waals surface area contributed by atoms with Crippen LogP contribution >= 0.6 is 11.3 Å². The Kier molecular flexibility index (Phi) is 7.85. The lowest BCUT2D eigenvalue weighted by Crippen LogP contribution is -2.30. The molecular weight excluding hydrogens is 571 g/mol. The number of ether oxygens (including phenoxy) is 1. The number of hydrogen-bond acceptors (Lipinski definition) is 7. The Hall–Kier alpha value is -3.99. The number of esters is 1. The van der Waals surface area contributed by atoms with Crippen LogP contribution in [0, 0.1) is 0 Å². The second-order valence-electron chi connectivity index (χ2n) is 10.3. The number of para-hydroxylation sites is 1. The zero-order chi connectivity index (χ0) is 29.3. The summed E-state index contributed by atoms with van der Waals surface area (Å²) in [6.07, 6.45) is 1.34. The van der Waals surface area contributed by atoms with E-state index in [1.165, 1.54) is 45.5 Å². The van der Waals surface area contributed by atoms with Gasteiger partial charge in [0.05, 0.1) is 22.8 Å². The second kappa shape index (κ2) is 11.7. The number of carbonyl (C=O) groups is 2. The van der Waals surface area contributed by atoms with Gasteiger partial charge in [0.1, 0.15) is 5.00 Å². The van der Waals surface area contributed by atoms with Gasteiger partial charge in [-0.05, 0) is 66.8 Å². The van der Waals surface area contributed by atoms with Gasteiger partial charge in [-0.3, -0.25) is 14.0 Å². The first-order chi connectivity index (χ1) is 20.3. The zero-order valence-electron chi connectivity index (χ0n) is 23.2. The summed E-state index contributed by atoms with van der Waals surface area (Å²) >= 11 is 1.39. The van der Waals surface area contributed by atoms with Crippen LogP contribution in [-0.4, -0.2) is 44.9 Å². The Balaban J connectivity index is 1.21. The molecule has 0 atom stereocenters. The Morgan fingerprint density at radius 2 is 1.67 bits per heavy atom. The molecule has 0 aliphatic carbocycles. The van der Waals surface area contributed by atoms with Gasteiger partial charge in [-0.2, -0.15) is 0 Å². The Labute approximate surface area is 249 Å². The summed E-state index contributed by atoms with van der Waals surface area (Å²) in [5.41, 5.74) is 4.53. The van der Waals surface area contributed by atoms with Crippen molar-refractivity contribution in [1.82, 2.24) is 4.90 Å². The molecule has 0 spiro atoms. The Bertz CT molecular complexity index is 1730. The van der Waals surface area contributed by atoms with Gasteiger partial charge in [-0.25, -0.2) is 13.2 Å². The van der Waals surface area contributed by atoms with Gasteiger partial charge in [-0.1, -0.05) is 48.5 Å². The van der Waals surface area contributed by atoms with E-state index in [2.05, 4.69) is 22.3 Å². The maximum absolute atomic E-state index is 13.4. The van der Waals surface area contributed by atoms with Crippen LogP contribution in [0.5, 0.6) is 0 Å². The van der Waals surface area contributed by atoms with Crippen LogP contribution in [0.1, 0.15) is 49.2 Å². The molecule has 0 unspecified atom stereocenters. The smallest absolute Gasteiger partial charge is 0.341 e. The van der Waals surface area contributed by atoms with Crippen LogP contribution < -0.4 is 9.62 Å². The fourth-order valence-electron chi connectivity index (χ4n) is 5.58. The average molecular weight is 602 g/mol. The largest absolute Gasteiger partial charge is 0.462 e. The number of thiophene rings is 1. The van der Waals surface area contributed by atoms with Crippen molar-refractivity contribution in [1.29, 1.82) is 0 Å². The topological polar surface area (TPSA) is 96.0 Å². The number of nitrogens with one attached hydrogen (secondary N) is 1. The zero-order valence-corrected chi connectivity index (χ0v) is 24.8. The molecule has 6 rings (SSSR count). The summed E-state index contributed by atoms with van der Waals surface area (Å²) in [6, 6.07) is 23.6. The molecule has 8 nitrogen and oxygen atoms in total. The minimum atomic E-state index is -3.77. The van der Waals surface area contributed by atoms with E-state index in [0.29, 0.717) is 47.7 Å². The molecule has 2 aliphatic rings. The summed E-state index contributed by atoms with van der Waals surface area (Å²) in [6.45, 7) is 4.62. The molecule has 3 aromatic carbocycles. The van der Waals surface area contributed by atoms with Crippen molar-refractivity contribution in [3.8, 4) is 0 Å². The van der Waals surface area contributed by atoms with Gasteiger partial charge >= 0.3 is 5.97 Å². The Morgan fingerprint density at radius 1 is 0.929 bits per heavy atom. The van der Waals surface area contributed by atoms with E-state index in [1.54, 1.807) is 6.92 Å². The molecule has 1 aromatic heterocycles. The van der Waals surface area contributed by atoms with Gasteiger partial charge in [0.15, 0.2) is 0 Å². The van der Waals surface area contributed by atoms with E-state index in [1.807, 2.05) is 42.5 Å². The highest BCUT2D eigenvalue weighted by Crippen LogP contribution is 2.38. The monoisotopic (exact) mass is 601 g/mol. The molecule has 2 aliphatic heterocycles. The van der Waals surface area contributed by atoms with Crippen molar-refractivity contribution in [2.75, 3.05) is 29.3 Å². The van der Waals surface area contributed by atoms with Gasteiger partial charge in [-0.15, -0.1) is 11.3 Å².